The lowest BCUT2D eigenvalue weighted by molar-refractivity contribution is -0.120. The highest BCUT2D eigenvalue weighted by Gasteiger charge is 2.20. The number of fused-ring (bicyclic) bond motifs is 3. The Bertz CT molecular complexity index is 1030. The molecule has 0 aliphatic heterocycles. The fourth-order valence-electron chi connectivity index (χ4n) is 3.16. The number of nitrogens with one attached hydrogen (secondary N) is 1. The number of aryl methyl sites for hydroxylation is 3. The van der Waals surface area contributed by atoms with Gasteiger partial charge in [-0.1, -0.05) is 0 Å². The zero-order valence-corrected chi connectivity index (χ0v) is 14.7. The molecule has 25 heavy (non-hydrogen) atoms. The SMILES string of the molecule is Cc1coc2c1c(C)cc1oc(=O)c(CC(=O)NCC(C)O)c(C)c12. The van der Waals surface area contributed by atoms with Gasteiger partial charge in [-0.25, -0.2) is 4.79 Å². The Morgan fingerprint density at radius 3 is 2.64 bits per heavy atom. The zero-order valence-electron chi connectivity index (χ0n) is 14.7. The van der Waals surface area contributed by atoms with E-state index in [9.17, 15) is 14.7 Å². The molecule has 1 atom stereocenters. The van der Waals surface area contributed by atoms with Gasteiger partial charge in [-0.05, 0) is 50.5 Å². The quantitative estimate of drug-likeness (QED) is 0.710. The second-order valence-electron chi connectivity index (χ2n) is 6.51. The number of amides is 1. The van der Waals surface area contributed by atoms with Crippen LogP contribution in [-0.4, -0.2) is 23.7 Å². The van der Waals surface area contributed by atoms with Gasteiger partial charge in [0.05, 0.1) is 29.7 Å². The van der Waals surface area contributed by atoms with Crippen LogP contribution in [0.5, 0.6) is 0 Å². The van der Waals surface area contributed by atoms with Gasteiger partial charge in [0.15, 0.2) is 0 Å². The van der Waals surface area contributed by atoms with E-state index in [1.165, 1.54) is 0 Å². The summed E-state index contributed by atoms with van der Waals surface area (Å²) in [5.74, 6) is -0.338. The molecule has 0 aliphatic carbocycles. The van der Waals surface area contributed by atoms with E-state index in [1.54, 1.807) is 20.1 Å². The molecule has 0 radical (unpaired) electrons. The van der Waals surface area contributed by atoms with Crippen molar-refractivity contribution in [3.63, 3.8) is 0 Å². The van der Waals surface area contributed by atoms with Crippen LogP contribution in [0.3, 0.4) is 0 Å². The molecule has 1 amide bonds. The number of carbonyl (C=O) groups excluding carboxylic acids is 1. The van der Waals surface area contributed by atoms with E-state index in [1.807, 2.05) is 19.9 Å². The first-order valence-corrected chi connectivity index (χ1v) is 8.18. The summed E-state index contributed by atoms with van der Waals surface area (Å²) in [4.78, 5) is 24.4. The van der Waals surface area contributed by atoms with E-state index < -0.39 is 11.7 Å². The van der Waals surface area contributed by atoms with Crippen molar-refractivity contribution in [3.8, 4) is 0 Å². The minimum atomic E-state index is -0.647. The first-order valence-electron chi connectivity index (χ1n) is 8.18. The third-order valence-corrected chi connectivity index (χ3v) is 4.40. The molecule has 6 nitrogen and oxygen atoms in total. The highest BCUT2D eigenvalue weighted by Crippen LogP contribution is 2.34. The molecule has 2 heterocycles. The third-order valence-electron chi connectivity index (χ3n) is 4.40. The summed E-state index contributed by atoms with van der Waals surface area (Å²) >= 11 is 0. The normalized spacial score (nSPS) is 12.7. The summed E-state index contributed by atoms with van der Waals surface area (Å²) in [7, 11) is 0. The van der Waals surface area contributed by atoms with Crippen LogP contribution in [0.1, 0.15) is 29.2 Å². The second kappa shape index (κ2) is 6.37. The lowest BCUT2D eigenvalue weighted by Gasteiger charge is -2.10. The Kier molecular flexibility index (Phi) is 4.39. The van der Waals surface area contributed by atoms with Crippen LogP contribution < -0.4 is 10.9 Å². The summed E-state index contributed by atoms with van der Waals surface area (Å²) in [5, 5.41) is 13.6. The molecule has 0 saturated carbocycles. The maximum absolute atomic E-state index is 12.4. The van der Waals surface area contributed by atoms with Gasteiger partial charge in [-0.15, -0.1) is 0 Å². The number of carbonyl (C=O) groups is 1. The Hall–Kier alpha value is -2.60. The largest absolute Gasteiger partial charge is 0.463 e. The first-order chi connectivity index (χ1) is 11.8. The van der Waals surface area contributed by atoms with Gasteiger partial charge in [-0.3, -0.25) is 4.79 Å². The summed E-state index contributed by atoms with van der Waals surface area (Å²) < 4.78 is 11.2. The van der Waals surface area contributed by atoms with E-state index >= 15 is 0 Å². The summed E-state index contributed by atoms with van der Waals surface area (Å²) in [5.41, 5.74) is 3.55. The van der Waals surface area contributed by atoms with Gasteiger partial charge >= 0.3 is 5.63 Å². The Morgan fingerprint density at radius 2 is 1.96 bits per heavy atom. The van der Waals surface area contributed by atoms with Crippen LogP contribution in [0.4, 0.5) is 0 Å². The molecular formula is C19H21NO5. The molecule has 0 aliphatic rings. The molecule has 1 aromatic carbocycles. The Balaban J connectivity index is 2.15. The van der Waals surface area contributed by atoms with Crippen molar-refractivity contribution in [3.05, 3.63) is 45.0 Å². The van der Waals surface area contributed by atoms with Gasteiger partial charge in [0.2, 0.25) is 5.91 Å². The molecule has 2 aromatic heterocycles. The number of aliphatic hydroxyl groups excluding tert-OH is 1. The van der Waals surface area contributed by atoms with E-state index in [2.05, 4.69) is 5.32 Å². The van der Waals surface area contributed by atoms with Gasteiger partial charge in [-0.2, -0.15) is 0 Å². The van der Waals surface area contributed by atoms with E-state index in [0.29, 0.717) is 27.7 Å². The van der Waals surface area contributed by atoms with Gasteiger partial charge in [0.25, 0.3) is 0 Å². The van der Waals surface area contributed by atoms with E-state index in [0.717, 1.165) is 16.5 Å². The molecule has 2 N–H and O–H groups in total. The Morgan fingerprint density at radius 1 is 1.24 bits per heavy atom. The van der Waals surface area contributed by atoms with Crippen molar-refractivity contribution in [2.45, 2.75) is 40.2 Å². The van der Waals surface area contributed by atoms with Crippen molar-refractivity contribution < 1.29 is 18.7 Å². The molecule has 3 aromatic rings. The van der Waals surface area contributed by atoms with Crippen LogP contribution >= 0.6 is 0 Å². The number of hydrogen-bond donors (Lipinski definition) is 2. The summed E-state index contributed by atoms with van der Waals surface area (Å²) in [6.07, 6.45) is 0.925. The maximum atomic E-state index is 12.4. The lowest BCUT2D eigenvalue weighted by Crippen LogP contribution is -2.33. The monoisotopic (exact) mass is 343 g/mol. The molecular weight excluding hydrogens is 322 g/mol. The summed E-state index contributed by atoms with van der Waals surface area (Å²) in [6.45, 7) is 7.41. The smallest absolute Gasteiger partial charge is 0.340 e. The zero-order chi connectivity index (χ0) is 18.3. The van der Waals surface area contributed by atoms with Crippen LogP contribution in [0.15, 0.2) is 26.0 Å². The fourth-order valence-corrected chi connectivity index (χ4v) is 3.16. The first kappa shape index (κ1) is 17.2. The Labute approximate surface area is 144 Å². The molecule has 6 heteroatoms. The average Bonchev–Trinajstić information content (AvgIpc) is 2.91. The number of rotatable bonds is 4. The molecule has 0 saturated heterocycles. The fraction of sp³-hybridized carbons (Fsp3) is 0.368. The number of furan rings is 1. The third kappa shape index (κ3) is 3.05. The van der Waals surface area contributed by atoms with E-state index in [4.69, 9.17) is 8.83 Å². The predicted octanol–water partition coefficient (Wildman–Crippen LogP) is 2.50. The number of hydrogen-bond acceptors (Lipinski definition) is 5. The van der Waals surface area contributed by atoms with Crippen LogP contribution in [0.25, 0.3) is 21.9 Å². The van der Waals surface area contributed by atoms with Crippen molar-refractivity contribution in [2.75, 3.05) is 6.54 Å². The average molecular weight is 343 g/mol. The van der Waals surface area contributed by atoms with Crippen molar-refractivity contribution >= 4 is 27.8 Å². The highest BCUT2D eigenvalue weighted by molar-refractivity contribution is 6.07. The number of aliphatic hydroxyl groups is 1. The second-order valence-corrected chi connectivity index (χ2v) is 6.51. The lowest BCUT2D eigenvalue weighted by atomic mass is 9.99. The molecule has 0 bridgehead atoms. The minimum absolute atomic E-state index is 0.105. The predicted molar refractivity (Wildman–Crippen MR) is 94.9 cm³/mol. The minimum Gasteiger partial charge on any atom is -0.463 e. The maximum Gasteiger partial charge on any atom is 0.340 e. The molecule has 0 fully saturated rings. The van der Waals surface area contributed by atoms with Gasteiger partial charge in [0, 0.05) is 11.9 Å². The summed E-state index contributed by atoms with van der Waals surface area (Å²) in [6, 6.07) is 1.83. The molecule has 132 valence electrons. The van der Waals surface area contributed by atoms with Crippen molar-refractivity contribution in [2.24, 2.45) is 0 Å². The van der Waals surface area contributed by atoms with Gasteiger partial charge in [0.1, 0.15) is 11.2 Å². The van der Waals surface area contributed by atoms with Crippen LogP contribution in [-0.2, 0) is 11.2 Å². The highest BCUT2D eigenvalue weighted by atomic mass is 16.4. The van der Waals surface area contributed by atoms with Crippen LogP contribution in [0.2, 0.25) is 0 Å². The molecule has 3 rings (SSSR count). The van der Waals surface area contributed by atoms with Crippen molar-refractivity contribution in [1.29, 1.82) is 0 Å². The van der Waals surface area contributed by atoms with Crippen molar-refractivity contribution in [1.82, 2.24) is 5.32 Å². The molecule has 0 spiro atoms. The molecule has 1 unspecified atom stereocenters. The number of benzene rings is 1. The topological polar surface area (TPSA) is 92.7 Å². The van der Waals surface area contributed by atoms with Gasteiger partial charge < -0.3 is 19.3 Å². The standard InChI is InChI=1S/C19H21NO5/c1-9-5-14-17(18-16(9)10(2)8-24-18)12(4)13(19(23)25-14)6-15(22)20-7-11(3)21/h5,8,11,21H,6-7H2,1-4H3,(H,20,22). The van der Waals surface area contributed by atoms with Crippen LogP contribution in [0, 0.1) is 20.8 Å². The van der Waals surface area contributed by atoms with E-state index in [-0.39, 0.29) is 18.9 Å².